The van der Waals surface area contributed by atoms with E-state index >= 15 is 0 Å². The highest BCUT2D eigenvalue weighted by atomic mass is 16.5. The lowest BCUT2D eigenvalue weighted by molar-refractivity contribution is -0.139. The summed E-state index contributed by atoms with van der Waals surface area (Å²) in [7, 11) is 5.51. The topological polar surface area (TPSA) is 96.4 Å². The van der Waals surface area contributed by atoms with Gasteiger partial charge in [0, 0.05) is 26.0 Å². The molecule has 0 fully saturated rings. The number of amides is 1. The van der Waals surface area contributed by atoms with Crippen LogP contribution in [0.15, 0.2) is 53.9 Å². The number of methoxy groups -OCH3 is 2. The molecular formula is C19H20N2O6. The van der Waals surface area contributed by atoms with Crippen molar-refractivity contribution in [3.05, 3.63) is 59.5 Å². The number of carbonyl (C=O) groups excluding carboxylic acids is 3. The number of hydrogen-bond acceptors (Lipinski definition) is 7. The number of rotatable bonds is 4. The van der Waals surface area contributed by atoms with Gasteiger partial charge in [0.25, 0.3) is 5.91 Å². The highest BCUT2D eigenvalue weighted by Gasteiger charge is 2.28. The summed E-state index contributed by atoms with van der Waals surface area (Å²) < 4.78 is 9.58. The molecule has 1 heterocycles. The van der Waals surface area contributed by atoms with Gasteiger partial charge in [-0.25, -0.2) is 9.59 Å². The standard InChI is InChI=1S/C19H20N2O6/c1-20(2)17(23)14-11-12(8-9-15(14)22)21-10-6-5-7-13(18(24)26-3)16(21)19(25)27-4/h5-11,22H,1-4H3. The number of carbonyl (C=O) groups is 3. The van der Waals surface area contributed by atoms with Crippen LogP contribution in [0.3, 0.4) is 0 Å². The number of esters is 2. The van der Waals surface area contributed by atoms with Crippen LogP contribution >= 0.6 is 0 Å². The van der Waals surface area contributed by atoms with Gasteiger partial charge in [-0.1, -0.05) is 6.08 Å². The Balaban J connectivity index is 2.67. The molecular weight excluding hydrogens is 352 g/mol. The molecule has 2 rings (SSSR count). The number of hydrogen-bond donors (Lipinski definition) is 1. The summed E-state index contributed by atoms with van der Waals surface area (Å²) in [6.07, 6.45) is 6.15. The first-order chi connectivity index (χ1) is 12.8. The number of benzene rings is 1. The molecule has 1 aliphatic heterocycles. The summed E-state index contributed by atoms with van der Waals surface area (Å²) >= 11 is 0. The average molecular weight is 372 g/mol. The Morgan fingerprint density at radius 2 is 1.70 bits per heavy atom. The van der Waals surface area contributed by atoms with E-state index in [4.69, 9.17) is 9.47 Å². The Hall–Kier alpha value is -3.55. The van der Waals surface area contributed by atoms with E-state index in [-0.39, 0.29) is 22.6 Å². The van der Waals surface area contributed by atoms with Gasteiger partial charge in [0.1, 0.15) is 11.4 Å². The van der Waals surface area contributed by atoms with Crippen LogP contribution in [-0.4, -0.2) is 56.2 Å². The van der Waals surface area contributed by atoms with Gasteiger partial charge in [-0.05, 0) is 30.4 Å². The third kappa shape index (κ3) is 4.00. The summed E-state index contributed by atoms with van der Waals surface area (Å²) in [5.41, 5.74) is 0.331. The largest absolute Gasteiger partial charge is 0.507 e. The van der Waals surface area contributed by atoms with E-state index in [0.29, 0.717) is 5.69 Å². The molecule has 0 unspecified atom stereocenters. The zero-order valence-corrected chi connectivity index (χ0v) is 15.4. The molecule has 8 nitrogen and oxygen atoms in total. The van der Waals surface area contributed by atoms with Gasteiger partial charge < -0.3 is 24.4 Å². The molecule has 1 amide bonds. The SMILES string of the molecule is COC(=O)C1=C(C(=O)OC)N(c2ccc(O)c(C(=O)N(C)C)c2)C=CC=C1. The van der Waals surface area contributed by atoms with E-state index in [9.17, 15) is 19.5 Å². The second kappa shape index (κ2) is 8.22. The molecule has 0 aromatic heterocycles. The van der Waals surface area contributed by atoms with Gasteiger partial charge in [-0.3, -0.25) is 4.79 Å². The van der Waals surface area contributed by atoms with Crippen molar-refractivity contribution in [2.45, 2.75) is 0 Å². The van der Waals surface area contributed by atoms with Gasteiger partial charge >= 0.3 is 11.9 Å². The maximum atomic E-state index is 12.4. The zero-order valence-electron chi connectivity index (χ0n) is 15.4. The monoisotopic (exact) mass is 372 g/mol. The van der Waals surface area contributed by atoms with Crippen LogP contribution < -0.4 is 4.90 Å². The van der Waals surface area contributed by atoms with Crippen LogP contribution in [0.1, 0.15) is 10.4 Å². The molecule has 0 atom stereocenters. The second-order valence-electron chi connectivity index (χ2n) is 5.72. The van der Waals surface area contributed by atoms with Crippen LogP contribution in [0, 0.1) is 0 Å². The molecule has 8 heteroatoms. The van der Waals surface area contributed by atoms with Gasteiger partial charge in [-0.15, -0.1) is 0 Å². The maximum absolute atomic E-state index is 12.4. The third-order valence-corrected chi connectivity index (χ3v) is 3.78. The Morgan fingerprint density at radius 3 is 2.30 bits per heavy atom. The van der Waals surface area contributed by atoms with Crippen LogP contribution in [-0.2, 0) is 19.1 Å². The van der Waals surface area contributed by atoms with Gasteiger partial charge in [0.15, 0.2) is 0 Å². The highest BCUT2D eigenvalue weighted by molar-refractivity contribution is 6.06. The Kier molecular flexibility index (Phi) is 6.02. The average Bonchev–Trinajstić information content (AvgIpc) is 2.89. The number of allylic oxidation sites excluding steroid dienone is 2. The fourth-order valence-electron chi connectivity index (χ4n) is 2.45. The molecule has 27 heavy (non-hydrogen) atoms. The third-order valence-electron chi connectivity index (χ3n) is 3.78. The van der Waals surface area contributed by atoms with E-state index in [0.717, 1.165) is 0 Å². The minimum absolute atomic E-state index is 0.0112. The molecule has 142 valence electrons. The number of phenolic OH excluding ortho intramolecular Hbond substituents is 1. The minimum Gasteiger partial charge on any atom is -0.507 e. The number of nitrogens with zero attached hydrogens (tertiary/aromatic N) is 2. The molecule has 1 aromatic carbocycles. The summed E-state index contributed by atoms with van der Waals surface area (Å²) in [4.78, 5) is 39.6. The van der Waals surface area contributed by atoms with Crippen molar-refractivity contribution in [1.82, 2.24) is 4.90 Å². The Labute approximate surface area is 156 Å². The number of anilines is 1. The maximum Gasteiger partial charge on any atom is 0.355 e. The number of phenols is 1. The lowest BCUT2D eigenvalue weighted by Crippen LogP contribution is -2.27. The summed E-state index contributed by atoms with van der Waals surface area (Å²) in [6, 6.07) is 4.27. The number of aromatic hydroxyl groups is 1. The van der Waals surface area contributed by atoms with Gasteiger partial charge in [-0.2, -0.15) is 0 Å². The van der Waals surface area contributed by atoms with Crippen molar-refractivity contribution in [2.24, 2.45) is 0 Å². The minimum atomic E-state index is -0.764. The van der Waals surface area contributed by atoms with Crippen molar-refractivity contribution >= 4 is 23.5 Å². The highest BCUT2D eigenvalue weighted by Crippen LogP contribution is 2.30. The fourth-order valence-corrected chi connectivity index (χ4v) is 2.45. The molecule has 0 saturated carbocycles. The van der Waals surface area contributed by atoms with Crippen molar-refractivity contribution in [1.29, 1.82) is 0 Å². The zero-order chi connectivity index (χ0) is 20.1. The first-order valence-electron chi connectivity index (χ1n) is 7.91. The molecule has 0 bridgehead atoms. The van der Waals surface area contributed by atoms with Gasteiger partial charge in [0.05, 0.1) is 25.4 Å². The summed E-state index contributed by atoms with van der Waals surface area (Å²) in [5.74, 6) is -2.10. The van der Waals surface area contributed by atoms with E-state index in [2.05, 4.69) is 0 Å². The molecule has 0 radical (unpaired) electrons. The van der Waals surface area contributed by atoms with Crippen molar-refractivity contribution in [3.63, 3.8) is 0 Å². The molecule has 0 aliphatic carbocycles. The lowest BCUT2D eigenvalue weighted by Gasteiger charge is -2.24. The van der Waals surface area contributed by atoms with E-state index in [1.807, 2.05) is 0 Å². The van der Waals surface area contributed by atoms with E-state index in [1.165, 1.54) is 54.5 Å². The summed E-state index contributed by atoms with van der Waals surface area (Å²) in [5, 5.41) is 10.0. The molecule has 1 N–H and O–H groups in total. The smallest absolute Gasteiger partial charge is 0.355 e. The van der Waals surface area contributed by atoms with Crippen LogP contribution in [0.25, 0.3) is 0 Å². The summed E-state index contributed by atoms with van der Waals surface area (Å²) in [6.45, 7) is 0. The predicted octanol–water partition coefficient (Wildman–Crippen LogP) is 1.58. The van der Waals surface area contributed by atoms with Crippen molar-refractivity contribution in [2.75, 3.05) is 33.2 Å². The van der Waals surface area contributed by atoms with Crippen molar-refractivity contribution < 1.29 is 29.0 Å². The van der Waals surface area contributed by atoms with E-state index < -0.39 is 17.8 Å². The number of ether oxygens (including phenoxy) is 2. The van der Waals surface area contributed by atoms with Gasteiger partial charge in [0.2, 0.25) is 0 Å². The van der Waals surface area contributed by atoms with Crippen LogP contribution in [0.2, 0.25) is 0 Å². The Bertz CT molecular complexity index is 867. The van der Waals surface area contributed by atoms with E-state index in [1.54, 1.807) is 26.2 Å². The molecule has 1 aliphatic rings. The van der Waals surface area contributed by atoms with Crippen molar-refractivity contribution in [3.8, 4) is 5.75 Å². The molecule has 0 saturated heterocycles. The second-order valence-corrected chi connectivity index (χ2v) is 5.72. The Morgan fingerprint density at radius 1 is 1.04 bits per heavy atom. The predicted molar refractivity (Wildman–Crippen MR) is 97.9 cm³/mol. The quantitative estimate of drug-likeness (QED) is 0.802. The first kappa shape index (κ1) is 19.8. The van der Waals surface area contributed by atoms with Crippen LogP contribution in [0.5, 0.6) is 5.75 Å². The normalized spacial score (nSPS) is 13.3. The molecule has 1 aromatic rings. The molecule has 0 spiro atoms. The van der Waals surface area contributed by atoms with Crippen LogP contribution in [0.4, 0.5) is 5.69 Å². The lowest BCUT2D eigenvalue weighted by atomic mass is 10.1. The first-order valence-corrected chi connectivity index (χ1v) is 7.91. The fraction of sp³-hybridized carbons (Fsp3) is 0.211.